The van der Waals surface area contributed by atoms with Crippen LogP contribution in [0.25, 0.3) is 0 Å². The molecule has 0 saturated heterocycles. The van der Waals surface area contributed by atoms with Crippen LogP contribution < -0.4 is 5.32 Å². The average Bonchev–Trinajstić information content (AvgIpc) is 2.16. The van der Waals surface area contributed by atoms with E-state index in [4.69, 9.17) is 11.6 Å². The molecule has 1 aromatic carbocycles. The monoisotopic (exact) mass is 224 g/mol. The number of hydrogen-bond donors (Lipinski definition) is 1. The lowest BCUT2D eigenvalue weighted by atomic mass is 9.96. The lowest BCUT2D eigenvalue weighted by Gasteiger charge is -2.28. The van der Waals surface area contributed by atoms with Gasteiger partial charge in [-0.15, -0.1) is 0 Å². The third-order valence-corrected chi connectivity index (χ3v) is 3.04. The zero-order valence-electron chi connectivity index (χ0n) is 9.26. The van der Waals surface area contributed by atoms with Gasteiger partial charge in [0.05, 0.1) is 0 Å². The number of nitrogens with one attached hydrogen (secondary N) is 1. The zero-order valence-corrected chi connectivity index (χ0v) is 10.0. The SMILES string of the molecule is CN(C)CC1Cc2cc(Cl)ccc2CN1. The second-order valence-corrected chi connectivity index (χ2v) is 4.89. The van der Waals surface area contributed by atoms with Crippen LogP contribution in [0.4, 0.5) is 0 Å². The van der Waals surface area contributed by atoms with Crippen molar-refractivity contribution in [3.05, 3.63) is 34.3 Å². The smallest absolute Gasteiger partial charge is 0.0408 e. The van der Waals surface area contributed by atoms with Crippen molar-refractivity contribution < 1.29 is 0 Å². The van der Waals surface area contributed by atoms with Gasteiger partial charge >= 0.3 is 0 Å². The standard InChI is InChI=1S/C12H17ClN2/c1-15(2)8-12-6-10-5-11(13)4-3-9(10)7-14-12/h3-5,12,14H,6-8H2,1-2H3. The molecular weight excluding hydrogens is 208 g/mol. The fourth-order valence-electron chi connectivity index (χ4n) is 2.12. The summed E-state index contributed by atoms with van der Waals surface area (Å²) in [7, 11) is 4.21. The lowest BCUT2D eigenvalue weighted by Crippen LogP contribution is -2.42. The van der Waals surface area contributed by atoms with E-state index in [1.54, 1.807) is 0 Å². The molecule has 0 radical (unpaired) electrons. The van der Waals surface area contributed by atoms with Crippen LogP contribution in [0.1, 0.15) is 11.1 Å². The first-order chi connectivity index (χ1) is 7.15. The van der Waals surface area contributed by atoms with Gasteiger partial charge in [-0.1, -0.05) is 17.7 Å². The molecule has 3 heteroatoms. The first kappa shape index (κ1) is 10.9. The predicted octanol–water partition coefficient (Wildman–Crippen LogP) is 1.92. The highest BCUT2D eigenvalue weighted by Gasteiger charge is 2.18. The highest BCUT2D eigenvalue weighted by molar-refractivity contribution is 6.30. The summed E-state index contributed by atoms with van der Waals surface area (Å²) >= 11 is 6.00. The number of hydrogen-bond acceptors (Lipinski definition) is 2. The topological polar surface area (TPSA) is 15.3 Å². The van der Waals surface area contributed by atoms with Gasteiger partial charge in [-0.2, -0.15) is 0 Å². The highest BCUT2D eigenvalue weighted by Crippen LogP contribution is 2.21. The first-order valence-corrected chi connectivity index (χ1v) is 5.68. The largest absolute Gasteiger partial charge is 0.308 e. The third kappa shape index (κ3) is 2.71. The van der Waals surface area contributed by atoms with Crippen LogP contribution in [-0.2, 0) is 13.0 Å². The van der Waals surface area contributed by atoms with Crippen LogP contribution >= 0.6 is 11.6 Å². The summed E-state index contributed by atoms with van der Waals surface area (Å²) in [5, 5.41) is 4.39. The second-order valence-electron chi connectivity index (χ2n) is 4.46. The molecule has 2 rings (SSSR count). The Labute approximate surface area is 96.2 Å². The number of likely N-dealkylation sites (N-methyl/N-ethyl adjacent to an activating group) is 1. The minimum Gasteiger partial charge on any atom is -0.308 e. The van der Waals surface area contributed by atoms with Crippen LogP contribution in [-0.4, -0.2) is 31.6 Å². The van der Waals surface area contributed by atoms with Gasteiger partial charge in [0.25, 0.3) is 0 Å². The predicted molar refractivity (Wildman–Crippen MR) is 64.3 cm³/mol. The van der Waals surface area contributed by atoms with E-state index in [1.165, 1.54) is 11.1 Å². The molecule has 0 aromatic heterocycles. The molecule has 1 N–H and O–H groups in total. The van der Waals surface area contributed by atoms with Gasteiger partial charge in [0.15, 0.2) is 0 Å². The van der Waals surface area contributed by atoms with Crippen molar-refractivity contribution in [2.75, 3.05) is 20.6 Å². The van der Waals surface area contributed by atoms with Crippen molar-refractivity contribution in [2.45, 2.75) is 19.0 Å². The number of halogens is 1. The molecule has 1 aromatic rings. The Morgan fingerprint density at radius 3 is 2.93 bits per heavy atom. The van der Waals surface area contributed by atoms with Gasteiger partial charge in [-0.05, 0) is 43.8 Å². The van der Waals surface area contributed by atoms with Crippen LogP contribution in [0.5, 0.6) is 0 Å². The fourth-order valence-corrected chi connectivity index (χ4v) is 2.31. The zero-order chi connectivity index (χ0) is 10.8. The van der Waals surface area contributed by atoms with Crippen molar-refractivity contribution in [2.24, 2.45) is 0 Å². The molecule has 0 spiro atoms. The fraction of sp³-hybridized carbons (Fsp3) is 0.500. The number of benzene rings is 1. The molecule has 1 heterocycles. The second kappa shape index (κ2) is 4.52. The lowest BCUT2D eigenvalue weighted by molar-refractivity contribution is 0.326. The van der Waals surface area contributed by atoms with Gasteiger partial charge in [0.2, 0.25) is 0 Å². The minimum atomic E-state index is 0.547. The van der Waals surface area contributed by atoms with Gasteiger partial charge in [0, 0.05) is 24.2 Å². The van der Waals surface area contributed by atoms with E-state index in [0.29, 0.717) is 6.04 Å². The molecule has 82 valence electrons. The Bertz CT molecular complexity index is 349. The number of nitrogens with zero attached hydrogens (tertiary/aromatic N) is 1. The maximum atomic E-state index is 6.00. The van der Waals surface area contributed by atoms with Crippen molar-refractivity contribution in [3.8, 4) is 0 Å². The van der Waals surface area contributed by atoms with E-state index in [2.05, 4.69) is 36.4 Å². The first-order valence-electron chi connectivity index (χ1n) is 5.30. The molecular formula is C12H17ClN2. The van der Waals surface area contributed by atoms with Crippen LogP contribution in [0.15, 0.2) is 18.2 Å². The molecule has 1 aliphatic rings. The molecule has 15 heavy (non-hydrogen) atoms. The molecule has 0 bridgehead atoms. The summed E-state index contributed by atoms with van der Waals surface area (Å²) in [5.41, 5.74) is 2.78. The summed E-state index contributed by atoms with van der Waals surface area (Å²) in [4.78, 5) is 2.22. The number of rotatable bonds is 2. The summed E-state index contributed by atoms with van der Waals surface area (Å²) in [5.74, 6) is 0. The van der Waals surface area contributed by atoms with E-state index in [0.717, 1.165) is 24.5 Å². The van der Waals surface area contributed by atoms with Crippen LogP contribution in [0.3, 0.4) is 0 Å². The van der Waals surface area contributed by atoms with E-state index < -0.39 is 0 Å². The van der Waals surface area contributed by atoms with Gasteiger partial charge in [-0.25, -0.2) is 0 Å². The Morgan fingerprint density at radius 1 is 1.40 bits per heavy atom. The van der Waals surface area contributed by atoms with Gasteiger partial charge < -0.3 is 10.2 Å². The van der Waals surface area contributed by atoms with Crippen molar-refractivity contribution in [3.63, 3.8) is 0 Å². The van der Waals surface area contributed by atoms with Gasteiger partial charge in [-0.3, -0.25) is 0 Å². The van der Waals surface area contributed by atoms with E-state index >= 15 is 0 Å². The third-order valence-electron chi connectivity index (χ3n) is 2.80. The van der Waals surface area contributed by atoms with E-state index in [-0.39, 0.29) is 0 Å². The average molecular weight is 225 g/mol. The highest BCUT2D eigenvalue weighted by atomic mass is 35.5. The summed E-state index contributed by atoms with van der Waals surface area (Å²) in [6.45, 7) is 2.04. The van der Waals surface area contributed by atoms with Gasteiger partial charge in [0.1, 0.15) is 0 Å². The molecule has 2 nitrogen and oxygen atoms in total. The summed E-state index contributed by atoms with van der Waals surface area (Å²) in [6, 6.07) is 6.73. The molecule has 1 atom stereocenters. The van der Waals surface area contributed by atoms with Crippen molar-refractivity contribution in [1.29, 1.82) is 0 Å². The number of fused-ring (bicyclic) bond motifs is 1. The maximum absolute atomic E-state index is 6.00. The minimum absolute atomic E-state index is 0.547. The molecule has 1 unspecified atom stereocenters. The molecule has 1 aliphatic heterocycles. The Hall–Kier alpha value is -0.570. The Morgan fingerprint density at radius 2 is 2.20 bits per heavy atom. The van der Waals surface area contributed by atoms with Crippen LogP contribution in [0, 0.1) is 0 Å². The van der Waals surface area contributed by atoms with E-state index in [1.807, 2.05) is 6.07 Å². The Balaban J connectivity index is 2.11. The van der Waals surface area contributed by atoms with Crippen molar-refractivity contribution >= 4 is 11.6 Å². The summed E-state index contributed by atoms with van der Waals surface area (Å²) in [6.07, 6.45) is 1.08. The maximum Gasteiger partial charge on any atom is 0.0408 e. The van der Waals surface area contributed by atoms with Crippen molar-refractivity contribution in [1.82, 2.24) is 10.2 Å². The molecule has 0 saturated carbocycles. The van der Waals surface area contributed by atoms with E-state index in [9.17, 15) is 0 Å². The summed E-state index contributed by atoms with van der Waals surface area (Å²) < 4.78 is 0. The molecule has 0 fully saturated rings. The quantitative estimate of drug-likeness (QED) is 0.826. The van der Waals surface area contributed by atoms with Crippen LogP contribution in [0.2, 0.25) is 5.02 Å². The Kier molecular flexibility index (Phi) is 3.29. The molecule has 0 amide bonds. The molecule has 0 aliphatic carbocycles. The normalized spacial score (nSPS) is 20.4.